The molecule has 0 atom stereocenters. The molecule has 0 bridgehead atoms. The monoisotopic (exact) mass is 380 g/mol. The van der Waals surface area contributed by atoms with Crippen molar-refractivity contribution in [2.24, 2.45) is 0 Å². The van der Waals surface area contributed by atoms with Crippen LogP contribution >= 0.6 is 11.6 Å². The van der Waals surface area contributed by atoms with Crippen molar-refractivity contribution < 1.29 is 9.21 Å². The highest BCUT2D eigenvalue weighted by molar-refractivity contribution is 6.31. The number of benzene rings is 1. The van der Waals surface area contributed by atoms with Gasteiger partial charge in [-0.05, 0) is 36.8 Å². The normalized spacial score (nSPS) is 11.0. The number of furan rings is 1. The molecule has 3 aromatic heterocycles. The van der Waals surface area contributed by atoms with E-state index in [1.165, 1.54) is 0 Å². The van der Waals surface area contributed by atoms with E-state index in [1.54, 1.807) is 23.2 Å². The summed E-state index contributed by atoms with van der Waals surface area (Å²) in [5, 5.41) is 8.88. The van der Waals surface area contributed by atoms with Gasteiger partial charge in [-0.25, -0.2) is 9.67 Å². The second kappa shape index (κ2) is 7.25. The number of pyridine rings is 1. The summed E-state index contributed by atoms with van der Waals surface area (Å²) in [7, 11) is 0. The van der Waals surface area contributed by atoms with E-state index in [9.17, 15) is 4.79 Å². The molecule has 0 radical (unpaired) electrons. The number of nitrogens with zero attached hydrogens (tertiary/aromatic N) is 3. The first-order chi connectivity index (χ1) is 13.1. The molecule has 6 nitrogen and oxygen atoms in total. The van der Waals surface area contributed by atoms with Crippen LogP contribution in [0, 0.1) is 6.92 Å². The Hall–Kier alpha value is -3.12. The summed E-state index contributed by atoms with van der Waals surface area (Å²) < 4.78 is 7.13. The molecule has 1 amide bonds. The van der Waals surface area contributed by atoms with Crippen molar-refractivity contribution in [3.8, 4) is 11.3 Å². The summed E-state index contributed by atoms with van der Waals surface area (Å²) in [4.78, 5) is 16.8. The van der Waals surface area contributed by atoms with Gasteiger partial charge in [-0.2, -0.15) is 5.10 Å². The maximum atomic E-state index is 12.4. The standard InChI is InChI=1S/C20H17ClN4O2/c1-13-19-15(17-7-4-10-27-17)8-9-22-20(19)25(24-13)12-18(26)23-11-14-5-2-3-6-16(14)21/h2-10H,11-12H2,1H3,(H,23,26). The predicted octanol–water partition coefficient (Wildman–Crippen LogP) is 3.97. The van der Waals surface area contributed by atoms with Crippen molar-refractivity contribution in [2.75, 3.05) is 0 Å². The van der Waals surface area contributed by atoms with Gasteiger partial charge < -0.3 is 9.73 Å². The highest BCUT2D eigenvalue weighted by Gasteiger charge is 2.17. The number of aryl methyl sites for hydroxylation is 1. The number of rotatable bonds is 5. The summed E-state index contributed by atoms with van der Waals surface area (Å²) in [6.45, 7) is 2.33. The lowest BCUT2D eigenvalue weighted by atomic mass is 10.1. The molecule has 0 aliphatic carbocycles. The van der Waals surface area contributed by atoms with E-state index in [2.05, 4.69) is 15.4 Å². The third-order valence-electron chi connectivity index (χ3n) is 4.32. The minimum Gasteiger partial charge on any atom is -0.464 e. The molecule has 1 aromatic carbocycles. The Labute approximate surface area is 160 Å². The zero-order chi connectivity index (χ0) is 18.8. The smallest absolute Gasteiger partial charge is 0.242 e. The molecule has 0 aliphatic heterocycles. The van der Waals surface area contributed by atoms with Gasteiger partial charge in [0.05, 0.1) is 17.3 Å². The molecule has 4 aromatic rings. The van der Waals surface area contributed by atoms with Gasteiger partial charge in [-0.3, -0.25) is 4.79 Å². The van der Waals surface area contributed by atoms with Gasteiger partial charge in [0.15, 0.2) is 5.65 Å². The fraction of sp³-hybridized carbons (Fsp3) is 0.150. The van der Waals surface area contributed by atoms with Crippen molar-refractivity contribution in [1.29, 1.82) is 0 Å². The van der Waals surface area contributed by atoms with E-state index in [0.29, 0.717) is 17.2 Å². The Morgan fingerprint density at radius 1 is 1.22 bits per heavy atom. The average Bonchev–Trinajstić information content (AvgIpc) is 3.30. The summed E-state index contributed by atoms with van der Waals surface area (Å²) in [5.41, 5.74) is 3.22. The summed E-state index contributed by atoms with van der Waals surface area (Å²) in [5.74, 6) is 0.581. The summed E-state index contributed by atoms with van der Waals surface area (Å²) in [6.07, 6.45) is 3.32. The number of carbonyl (C=O) groups excluding carboxylic acids is 1. The number of halogens is 1. The fourth-order valence-corrected chi connectivity index (χ4v) is 3.26. The molecule has 0 spiro atoms. The van der Waals surface area contributed by atoms with Crippen LogP contribution in [-0.4, -0.2) is 20.7 Å². The van der Waals surface area contributed by atoms with E-state index < -0.39 is 0 Å². The molecule has 0 fully saturated rings. The topological polar surface area (TPSA) is 73.0 Å². The molecule has 1 N–H and O–H groups in total. The Morgan fingerprint density at radius 3 is 2.85 bits per heavy atom. The van der Waals surface area contributed by atoms with Crippen LogP contribution in [0.2, 0.25) is 5.02 Å². The van der Waals surface area contributed by atoms with Gasteiger partial charge in [0.1, 0.15) is 12.3 Å². The predicted molar refractivity (Wildman–Crippen MR) is 103 cm³/mol. The van der Waals surface area contributed by atoms with E-state index in [0.717, 1.165) is 28.0 Å². The van der Waals surface area contributed by atoms with Gasteiger partial charge in [0.25, 0.3) is 0 Å². The molecule has 0 unspecified atom stereocenters. The van der Waals surface area contributed by atoms with Crippen LogP contribution in [0.25, 0.3) is 22.4 Å². The number of aromatic nitrogens is 3. The Kier molecular flexibility index (Phi) is 4.64. The van der Waals surface area contributed by atoms with E-state index in [1.807, 2.05) is 43.3 Å². The fourth-order valence-electron chi connectivity index (χ4n) is 3.06. The zero-order valence-electron chi connectivity index (χ0n) is 14.6. The first kappa shape index (κ1) is 17.3. The minimum atomic E-state index is -0.162. The number of fused-ring (bicyclic) bond motifs is 1. The van der Waals surface area contributed by atoms with Crippen molar-refractivity contribution in [1.82, 2.24) is 20.1 Å². The molecule has 7 heteroatoms. The van der Waals surface area contributed by atoms with Crippen LogP contribution in [-0.2, 0) is 17.9 Å². The van der Waals surface area contributed by atoms with E-state index >= 15 is 0 Å². The largest absolute Gasteiger partial charge is 0.464 e. The molecule has 0 saturated heterocycles. The quantitative estimate of drug-likeness (QED) is 0.568. The van der Waals surface area contributed by atoms with Gasteiger partial charge in [-0.1, -0.05) is 29.8 Å². The molecule has 0 aliphatic rings. The maximum absolute atomic E-state index is 12.4. The van der Waals surface area contributed by atoms with E-state index in [-0.39, 0.29) is 12.5 Å². The van der Waals surface area contributed by atoms with Crippen molar-refractivity contribution in [3.05, 3.63) is 71.2 Å². The highest BCUT2D eigenvalue weighted by Crippen LogP contribution is 2.29. The van der Waals surface area contributed by atoms with Crippen LogP contribution in [0.3, 0.4) is 0 Å². The van der Waals surface area contributed by atoms with E-state index in [4.69, 9.17) is 16.0 Å². The lowest BCUT2D eigenvalue weighted by Crippen LogP contribution is -2.27. The van der Waals surface area contributed by atoms with Crippen LogP contribution in [0.5, 0.6) is 0 Å². The van der Waals surface area contributed by atoms with Crippen LogP contribution in [0.1, 0.15) is 11.3 Å². The number of hydrogen-bond acceptors (Lipinski definition) is 4. The van der Waals surface area contributed by atoms with Gasteiger partial charge in [0.2, 0.25) is 5.91 Å². The third-order valence-corrected chi connectivity index (χ3v) is 4.69. The molecular formula is C20H17ClN4O2. The lowest BCUT2D eigenvalue weighted by molar-refractivity contribution is -0.121. The number of carbonyl (C=O) groups is 1. The molecule has 0 saturated carbocycles. The van der Waals surface area contributed by atoms with Crippen molar-refractivity contribution in [2.45, 2.75) is 20.0 Å². The van der Waals surface area contributed by atoms with Gasteiger partial charge in [-0.15, -0.1) is 0 Å². The zero-order valence-corrected chi connectivity index (χ0v) is 15.4. The molecule has 136 valence electrons. The first-order valence-corrected chi connectivity index (χ1v) is 8.87. The number of nitrogens with one attached hydrogen (secondary N) is 1. The average molecular weight is 381 g/mol. The van der Waals surface area contributed by atoms with Gasteiger partial charge in [0, 0.05) is 23.3 Å². The second-order valence-electron chi connectivity index (χ2n) is 6.15. The molecule has 4 rings (SSSR count). The lowest BCUT2D eigenvalue weighted by Gasteiger charge is -2.07. The van der Waals surface area contributed by atoms with Crippen LogP contribution < -0.4 is 5.32 Å². The van der Waals surface area contributed by atoms with Crippen LogP contribution in [0.15, 0.2) is 59.3 Å². The number of hydrogen-bond donors (Lipinski definition) is 1. The first-order valence-electron chi connectivity index (χ1n) is 8.49. The number of amides is 1. The van der Waals surface area contributed by atoms with Crippen molar-refractivity contribution >= 4 is 28.5 Å². The Morgan fingerprint density at radius 2 is 2.07 bits per heavy atom. The molecule has 27 heavy (non-hydrogen) atoms. The summed E-state index contributed by atoms with van der Waals surface area (Å²) in [6, 6.07) is 13.0. The highest BCUT2D eigenvalue weighted by atomic mass is 35.5. The second-order valence-corrected chi connectivity index (χ2v) is 6.55. The summed E-state index contributed by atoms with van der Waals surface area (Å²) >= 11 is 6.13. The Bertz CT molecular complexity index is 1100. The molecular weight excluding hydrogens is 364 g/mol. The van der Waals surface area contributed by atoms with Crippen LogP contribution in [0.4, 0.5) is 0 Å². The Balaban J connectivity index is 1.57. The minimum absolute atomic E-state index is 0.0728. The van der Waals surface area contributed by atoms with Gasteiger partial charge >= 0.3 is 0 Å². The maximum Gasteiger partial charge on any atom is 0.242 e. The SMILES string of the molecule is Cc1nn(CC(=O)NCc2ccccc2Cl)c2nccc(-c3ccco3)c12. The molecule has 3 heterocycles. The van der Waals surface area contributed by atoms with Crippen molar-refractivity contribution in [3.63, 3.8) is 0 Å². The third kappa shape index (κ3) is 3.44.